The Hall–Kier alpha value is -3.17. The van der Waals surface area contributed by atoms with Crippen LogP contribution in [0.3, 0.4) is 0 Å². The summed E-state index contributed by atoms with van der Waals surface area (Å²) >= 11 is 1.35. The van der Waals surface area contributed by atoms with Gasteiger partial charge in [-0.15, -0.1) is 11.3 Å². The van der Waals surface area contributed by atoms with E-state index in [-0.39, 0.29) is 13.0 Å². The summed E-state index contributed by atoms with van der Waals surface area (Å²) in [5.74, 6) is -0.925. The molecule has 1 aliphatic heterocycles. The van der Waals surface area contributed by atoms with Crippen molar-refractivity contribution in [3.05, 3.63) is 76.3 Å². The largest absolute Gasteiger partial charge is 0.481 e. The van der Waals surface area contributed by atoms with Gasteiger partial charge >= 0.3 is 12.1 Å². The van der Waals surface area contributed by atoms with Crippen molar-refractivity contribution in [3.63, 3.8) is 0 Å². The standard InChI is InChI=1S/C23H19F3N2O3S/c1-13-19(32-22(27-13)14-6-8-16(9-7-14)23(24,25)26)12-31-20-10-15(11-21(29)30)17-4-2-3-5-18(17)28-20/h2-10,20,28H,11-12H2,1H3,(H,29,30). The number of aromatic nitrogens is 1. The number of anilines is 1. The van der Waals surface area contributed by atoms with Crippen LogP contribution >= 0.6 is 11.3 Å². The maximum absolute atomic E-state index is 12.8. The summed E-state index contributed by atoms with van der Waals surface area (Å²) < 4.78 is 44.3. The molecule has 1 aromatic heterocycles. The van der Waals surface area contributed by atoms with E-state index in [4.69, 9.17) is 4.74 Å². The monoisotopic (exact) mass is 460 g/mol. The molecule has 1 atom stereocenters. The molecular weight excluding hydrogens is 441 g/mol. The second-order valence-corrected chi connectivity index (χ2v) is 8.37. The van der Waals surface area contributed by atoms with Crippen molar-refractivity contribution < 1.29 is 27.8 Å². The third-order valence-electron chi connectivity index (χ3n) is 5.01. The van der Waals surface area contributed by atoms with Gasteiger partial charge in [0.1, 0.15) is 11.2 Å². The molecular formula is C23H19F3N2O3S. The number of carboxylic acid groups (broad SMARTS) is 1. The SMILES string of the molecule is Cc1nc(-c2ccc(C(F)(F)F)cc2)sc1COC1C=C(CC(=O)O)c2ccccc2N1. The fraction of sp³-hybridized carbons (Fsp3) is 0.217. The number of nitrogens with zero attached hydrogens (tertiary/aromatic N) is 1. The Morgan fingerprint density at radius 3 is 2.59 bits per heavy atom. The molecule has 9 heteroatoms. The summed E-state index contributed by atoms with van der Waals surface area (Å²) in [4.78, 5) is 16.6. The Kier molecular flexibility index (Phi) is 6.03. The van der Waals surface area contributed by atoms with E-state index in [1.807, 2.05) is 31.2 Å². The van der Waals surface area contributed by atoms with Gasteiger partial charge in [-0.3, -0.25) is 4.79 Å². The lowest BCUT2D eigenvalue weighted by Crippen LogP contribution is -2.25. The molecule has 0 saturated heterocycles. The third-order valence-corrected chi connectivity index (χ3v) is 6.19. The van der Waals surface area contributed by atoms with E-state index in [2.05, 4.69) is 10.3 Å². The molecule has 166 valence electrons. The van der Waals surface area contributed by atoms with Crippen LogP contribution < -0.4 is 5.32 Å². The minimum Gasteiger partial charge on any atom is -0.481 e. The molecule has 2 heterocycles. The van der Waals surface area contributed by atoms with E-state index in [9.17, 15) is 23.1 Å². The molecule has 1 unspecified atom stereocenters. The van der Waals surface area contributed by atoms with Gasteiger partial charge in [-0.1, -0.05) is 30.3 Å². The van der Waals surface area contributed by atoms with E-state index in [1.54, 1.807) is 6.08 Å². The van der Waals surface area contributed by atoms with Crippen LogP contribution in [0.1, 0.15) is 28.1 Å². The van der Waals surface area contributed by atoms with Gasteiger partial charge in [0.15, 0.2) is 0 Å². The second kappa shape index (κ2) is 8.76. The molecule has 5 nitrogen and oxygen atoms in total. The number of nitrogens with one attached hydrogen (secondary N) is 1. The van der Waals surface area contributed by atoms with Crippen LogP contribution in [0, 0.1) is 6.92 Å². The lowest BCUT2D eigenvalue weighted by Gasteiger charge is -2.26. The lowest BCUT2D eigenvalue weighted by molar-refractivity contribution is -0.138. The lowest BCUT2D eigenvalue weighted by atomic mass is 9.97. The first kappa shape index (κ1) is 22.0. The number of carboxylic acids is 1. The molecule has 2 aromatic carbocycles. The minimum absolute atomic E-state index is 0.115. The zero-order valence-corrected chi connectivity index (χ0v) is 17.8. The molecule has 0 bridgehead atoms. The highest BCUT2D eigenvalue weighted by molar-refractivity contribution is 7.15. The first-order chi connectivity index (χ1) is 15.2. The van der Waals surface area contributed by atoms with Crippen LogP contribution in [0.5, 0.6) is 0 Å². The summed E-state index contributed by atoms with van der Waals surface area (Å²) in [6.07, 6.45) is -3.26. The fourth-order valence-corrected chi connectivity index (χ4v) is 4.41. The van der Waals surface area contributed by atoms with E-state index < -0.39 is 23.9 Å². The number of aliphatic carboxylic acids is 1. The number of halogens is 3. The van der Waals surface area contributed by atoms with Gasteiger partial charge in [-0.25, -0.2) is 4.98 Å². The number of benzene rings is 2. The van der Waals surface area contributed by atoms with Crippen molar-refractivity contribution in [1.29, 1.82) is 0 Å². The van der Waals surface area contributed by atoms with Crippen LogP contribution in [0.15, 0.2) is 54.6 Å². The van der Waals surface area contributed by atoms with Gasteiger partial charge in [0.05, 0.1) is 29.2 Å². The number of alkyl halides is 3. The predicted molar refractivity (Wildman–Crippen MR) is 116 cm³/mol. The maximum atomic E-state index is 12.8. The van der Waals surface area contributed by atoms with Gasteiger partial charge in [-0.05, 0) is 36.8 Å². The Morgan fingerprint density at radius 2 is 1.91 bits per heavy atom. The van der Waals surface area contributed by atoms with Crippen molar-refractivity contribution in [1.82, 2.24) is 4.98 Å². The third kappa shape index (κ3) is 4.84. The average Bonchev–Trinajstić information content (AvgIpc) is 3.12. The van der Waals surface area contributed by atoms with E-state index >= 15 is 0 Å². The number of hydrogen-bond donors (Lipinski definition) is 2. The molecule has 2 N–H and O–H groups in total. The maximum Gasteiger partial charge on any atom is 0.416 e. The van der Waals surface area contributed by atoms with Gasteiger partial charge in [0, 0.05) is 16.8 Å². The van der Waals surface area contributed by atoms with E-state index in [0.717, 1.165) is 34.0 Å². The summed E-state index contributed by atoms with van der Waals surface area (Å²) in [6.45, 7) is 2.04. The topological polar surface area (TPSA) is 71.5 Å². The number of ether oxygens (including phenoxy) is 1. The summed E-state index contributed by atoms with van der Waals surface area (Å²) in [5, 5.41) is 13.1. The Balaban J connectivity index is 1.49. The number of carbonyl (C=O) groups is 1. The minimum atomic E-state index is -4.38. The van der Waals surface area contributed by atoms with Gasteiger partial charge < -0.3 is 15.2 Å². The first-order valence-corrected chi connectivity index (χ1v) is 10.6. The van der Waals surface area contributed by atoms with Crippen LogP contribution in [-0.4, -0.2) is 22.3 Å². The zero-order chi connectivity index (χ0) is 22.9. The van der Waals surface area contributed by atoms with Crippen molar-refractivity contribution in [3.8, 4) is 10.6 Å². The highest BCUT2D eigenvalue weighted by atomic mass is 32.1. The Bertz CT molecular complexity index is 1170. The number of fused-ring (bicyclic) bond motifs is 1. The summed E-state index contributed by atoms with van der Waals surface area (Å²) in [5.41, 5.74) is 2.92. The van der Waals surface area contributed by atoms with Gasteiger partial charge in [0.2, 0.25) is 0 Å². The van der Waals surface area contributed by atoms with Crippen LogP contribution in [0.2, 0.25) is 0 Å². The number of hydrogen-bond acceptors (Lipinski definition) is 5. The first-order valence-electron chi connectivity index (χ1n) is 9.74. The van der Waals surface area contributed by atoms with E-state index in [0.29, 0.717) is 16.1 Å². The van der Waals surface area contributed by atoms with Gasteiger partial charge in [-0.2, -0.15) is 13.2 Å². The second-order valence-electron chi connectivity index (χ2n) is 7.29. The number of aryl methyl sites for hydroxylation is 1. The number of para-hydroxylation sites is 1. The van der Waals surface area contributed by atoms with Crippen molar-refractivity contribution in [2.24, 2.45) is 0 Å². The zero-order valence-electron chi connectivity index (χ0n) is 16.9. The predicted octanol–water partition coefficient (Wildman–Crippen LogP) is 5.96. The molecule has 0 amide bonds. The molecule has 32 heavy (non-hydrogen) atoms. The molecule has 0 saturated carbocycles. The van der Waals surface area contributed by atoms with Crippen molar-refractivity contribution in [2.45, 2.75) is 32.4 Å². The van der Waals surface area contributed by atoms with Gasteiger partial charge in [0.25, 0.3) is 0 Å². The fourth-order valence-electron chi connectivity index (χ4n) is 3.42. The average molecular weight is 460 g/mol. The summed E-state index contributed by atoms with van der Waals surface area (Å²) in [6, 6.07) is 12.3. The molecule has 0 spiro atoms. The highest BCUT2D eigenvalue weighted by Crippen LogP contribution is 2.35. The smallest absolute Gasteiger partial charge is 0.416 e. The number of rotatable bonds is 6. The molecule has 3 aromatic rings. The van der Waals surface area contributed by atoms with Crippen molar-refractivity contribution >= 4 is 28.6 Å². The Labute approximate surface area is 186 Å². The molecule has 1 aliphatic rings. The highest BCUT2D eigenvalue weighted by Gasteiger charge is 2.30. The van der Waals surface area contributed by atoms with Crippen molar-refractivity contribution in [2.75, 3.05) is 5.32 Å². The molecule has 4 rings (SSSR count). The molecule has 0 radical (unpaired) electrons. The van der Waals surface area contributed by atoms with Crippen LogP contribution in [0.25, 0.3) is 16.1 Å². The molecule has 0 fully saturated rings. The van der Waals surface area contributed by atoms with Crippen LogP contribution in [0.4, 0.5) is 18.9 Å². The normalized spacial score (nSPS) is 15.6. The van der Waals surface area contributed by atoms with Crippen LogP contribution in [-0.2, 0) is 22.3 Å². The van der Waals surface area contributed by atoms with E-state index in [1.165, 1.54) is 23.5 Å². The Morgan fingerprint density at radius 1 is 1.19 bits per heavy atom. The summed E-state index contributed by atoms with van der Waals surface area (Å²) in [7, 11) is 0. The number of thiazole rings is 1. The molecule has 0 aliphatic carbocycles. The quantitative estimate of drug-likeness (QED) is 0.475.